The van der Waals surface area contributed by atoms with Gasteiger partial charge in [0.05, 0.1) is 14.2 Å². The van der Waals surface area contributed by atoms with Gasteiger partial charge in [-0.25, -0.2) is 0 Å². The molecule has 1 aliphatic carbocycles. The molecule has 1 saturated carbocycles. The van der Waals surface area contributed by atoms with E-state index in [0.29, 0.717) is 11.6 Å². The van der Waals surface area contributed by atoms with Gasteiger partial charge in [0.15, 0.2) is 11.5 Å². The van der Waals surface area contributed by atoms with Gasteiger partial charge in [-0.15, -0.1) is 0 Å². The molecule has 0 heterocycles. The molecule has 1 aromatic carbocycles. The number of hydrogen-bond acceptors (Lipinski definition) is 3. The summed E-state index contributed by atoms with van der Waals surface area (Å²) in [6.07, 6.45) is 3.37. The van der Waals surface area contributed by atoms with Crippen molar-refractivity contribution in [3.8, 4) is 11.5 Å². The number of benzene rings is 1. The smallest absolute Gasteiger partial charge is 0.165 e. The minimum absolute atomic E-state index is 0.00988. The molecule has 0 saturated heterocycles. The van der Waals surface area contributed by atoms with Gasteiger partial charge in [0.25, 0.3) is 0 Å². The topological polar surface area (TPSA) is 44.5 Å². The van der Waals surface area contributed by atoms with Crippen LogP contribution in [0.4, 0.5) is 0 Å². The van der Waals surface area contributed by atoms with Crippen molar-refractivity contribution in [2.24, 2.45) is 5.73 Å². The summed E-state index contributed by atoms with van der Waals surface area (Å²) in [7, 11) is 3.30. The van der Waals surface area contributed by atoms with Crippen molar-refractivity contribution in [1.82, 2.24) is 0 Å². The first-order valence-corrected chi connectivity index (χ1v) is 6.59. The van der Waals surface area contributed by atoms with Gasteiger partial charge >= 0.3 is 0 Å². The van der Waals surface area contributed by atoms with E-state index in [9.17, 15) is 0 Å². The van der Waals surface area contributed by atoms with E-state index in [2.05, 4.69) is 0 Å². The highest BCUT2D eigenvalue weighted by Crippen LogP contribution is 2.51. The Hall–Kier alpha value is -0.930. The van der Waals surface area contributed by atoms with Crippen LogP contribution in [0, 0.1) is 6.92 Å². The zero-order valence-corrected chi connectivity index (χ0v) is 11.9. The highest BCUT2D eigenvalue weighted by molar-refractivity contribution is 6.31. The molecule has 2 rings (SSSR count). The molecule has 0 spiro atoms. The average molecular weight is 270 g/mol. The lowest BCUT2D eigenvalue weighted by Crippen LogP contribution is -2.41. The molecule has 0 amide bonds. The number of methoxy groups -OCH3 is 2. The van der Waals surface area contributed by atoms with E-state index in [1.165, 1.54) is 6.42 Å². The largest absolute Gasteiger partial charge is 0.493 e. The van der Waals surface area contributed by atoms with Gasteiger partial charge in [0.2, 0.25) is 0 Å². The van der Waals surface area contributed by atoms with Crippen LogP contribution in [0.5, 0.6) is 11.5 Å². The van der Waals surface area contributed by atoms with Crippen molar-refractivity contribution in [1.29, 1.82) is 0 Å². The monoisotopic (exact) mass is 269 g/mol. The first kappa shape index (κ1) is 13.5. The van der Waals surface area contributed by atoms with Gasteiger partial charge in [0, 0.05) is 28.1 Å². The normalized spacial score (nSPS) is 17.2. The van der Waals surface area contributed by atoms with Crippen molar-refractivity contribution in [3.05, 3.63) is 22.2 Å². The number of nitrogens with two attached hydrogens (primary N) is 1. The summed E-state index contributed by atoms with van der Waals surface area (Å²) in [4.78, 5) is 0. The third-order valence-corrected chi connectivity index (χ3v) is 4.49. The fourth-order valence-corrected chi connectivity index (χ4v) is 2.93. The third-order valence-electron chi connectivity index (χ3n) is 4.10. The second-order valence-electron chi connectivity index (χ2n) is 4.94. The van der Waals surface area contributed by atoms with Gasteiger partial charge in [-0.3, -0.25) is 0 Å². The van der Waals surface area contributed by atoms with E-state index in [4.69, 9.17) is 26.8 Å². The second-order valence-corrected chi connectivity index (χ2v) is 5.34. The third kappa shape index (κ3) is 1.86. The highest BCUT2D eigenvalue weighted by atomic mass is 35.5. The fourth-order valence-electron chi connectivity index (χ4n) is 2.73. The number of hydrogen-bond donors (Lipinski definition) is 1. The maximum Gasteiger partial charge on any atom is 0.165 e. The number of ether oxygens (including phenoxy) is 2. The van der Waals surface area contributed by atoms with Crippen molar-refractivity contribution in [2.45, 2.75) is 31.6 Å². The van der Waals surface area contributed by atoms with Crippen LogP contribution >= 0.6 is 11.6 Å². The maximum absolute atomic E-state index is 6.29. The first-order valence-electron chi connectivity index (χ1n) is 6.21. The lowest BCUT2D eigenvalue weighted by Gasteiger charge is -2.42. The fraction of sp³-hybridized carbons (Fsp3) is 0.571. The number of rotatable bonds is 4. The molecule has 100 valence electrons. The Balaban J connectivity index is 2.63. The summed E-state index contributed by atoms with van der Waals surface area (Å²) in [5.74, 6) is 1.50. The minimum Gasteiger partial charge on any atom is -0.493 e. The van der Waals surface area contributed by atoms with E-state index in [0.717, 1.165) is 35.5 Å². The predicted molar refractivity (Wildman–Crippen MR) is 73.9 cm³/mol. The van der Waals surface area contributed by atoms with E-state index in [1.807, 2.05) is 13.0 Å². The second kappa shape index (κ2) is 4.98. The molecular weight excluding hydrogens is 250 g/mol. The molecule has 1 aliphatic rings. The lowest BCUT2D eigenvalue weighted by atomic mass is 9.64. The van der Waals surface area contributed by atoms with Crippen LogP contribution in [0.2, 0.25) is 5.02 Å². The Bertz CT molecular complexity index is 450. The molecule has 18 heavy (non-hydrogen) atoms. The summed E-state index contributed by atoms with van der Waals surface area (Å²) in [6, 6.07) is 1.99. The molecule has 0 atom stereocenters. The lowest BCUT2D eigenvalue weighted by molar-refractivity contribution is 0.240. The standard InChI is InChI=1S/C14H20ClNO2/c1-9-11(15)7-10(13(18-3)12(9)17-2)14(8-16)5-4-6-14/h7H,4-6,8,16H2,1-3H3. The molecule has 0 aromatic heterocycles. The Morgan fingerprint density at radius 2 is 1.89 bits per heavy atom. The van der Waals surface area contributed by atoms with Crippen LogP contribution in [0.25, 0.3) is 0 Å². The molecule has 3 nitrogen and oxygen atoms in total. The van der Waals surface area contributed by atoms with Gasteiger partial charge in [-0.2, -0.15) is 0 Å². The van der Waals surface area contributed by atoms with Gasteiger partial charge < -0.3 is 15.2 Å². The van der Waals surface area contributed by atoms with Crippen LogP contribution in [-0.2, 0) is 5.41 Å². The van der Waals surface area contributed by atoms with E-state index in [-0.39, 0.29) is 5.41 Å². The van der Waals surface area contributed by atoms with Gasteiger partial charge in [0.1, 0.15) is 0 Å². The average Bonchev–Trinajstić information content (AvgIpc) is 2.32. The molecule has 2 N–H and O–H groups in total. The highest BCUT2D eigenvalue weighted by Gasteiger charge is 2.41. The molecule has 0 aliphatic heterocycles. The van der Waals surface area contributed by atoms with Crippen LogP contribution in [0.1, 0.15) is 30.4 Å². The zero-order valence-electron chi connectivity index (χ0n) is 11.2. The quantitative estimate of drug-likeness (QED) is 0.914. The summed E-state index contributed by atoms with van der Waals surface area (Å²) >= 11 is 6.29. The molecule has 1 aromatic rings. The van der Waals surface area contributed by atoms with Crippen molar-refractivity contribution < 1.29 is 9.47 Å². The summed E-state index contributed by atoms with van der Waals surface area (Å²) in [6.45, 7) is 2.55. The molecular formula is C14H20ClNO2. The SMILES string of the molecule is COc1c(C2(CN)CCC2)cc(Cl)c(C)c1OC. The van der Waals surface area contributed by atoms with Crippen molar-refractivity contribution in [2.75, 3.05) is 20.8 Å². The Kier molecular flexibility index (Phi) is 3.74. The molecule has 0 radical (unpaired) electrons. The van der Waals surface area contributed by atoms with Crippen LogP contribution < -0.4 is 15.2 Å². The molecule has 4 heteroatoms. The van der Waals surface area contributed by atoms with E-state index >= 15 is 0 Å². The first-order chi connectivity index (χ1) is 8.59. The van der Waals surface area contributed by atoms with E-state index in [1.54, 1.807) is 14.2 Å². The van der Waals surface area contributed by atoms with Crippen LogP contribution in [0.3, 0.4) is 0 Å². The van der Waals surface area contributed by atoms with Crippen LogP contribution in [-0.4, -0.2) is 20.8 Å². The summed E-state index contributed by atoms with van der Waals surface area (Å²) in [5.41, 5.74) is 7.97. The van der Waals surface area contributed by atoms with E-state index < -0.39 is 0 Å². The molecule has 0 unspecified atom stereocenters. The Morgan fingerprint density at radius 1 is 1.28 bits per heavy atom. The zero-order chi connectivity index (χ0) is 13.3. The van der Waals surface area contributed by atoms with Crippen molar-refractivity contribution in [3.63, 3.8) is 0 Å². The maximum atomic E-state index is 6.29. The van der Waals surface area contributed by atoms with Crippen molar-refractivity contribution >= 4 is 11.6 Å². The Morgan fingerprint density at radius 3 is 2.28 bits per heavy atom. The molecule has 0 bridgehead atoms. The Labute approximate surface area is 113 Å². The number of halogens is 1. The predicted octanol–water partition coefficient (Wildman–Crippen LogP) is 3.05. The summed E-state index contributed by atoms with van der Waals surface area (Å²) in [5, 5.41) is 0.711. The molecule has 1 fully saturated rings. The van der Waals surface area contributed by atoms with Crippen LogP contribution in [0.15, 0.2) is 6.07 Å². The van der Waals surface area contributed by atoms with Gasteiger partial charge in [-0.1, -0.05) is 18.0 Å². The van der Waals surface area contributed by atoms with Gasteiger partial charge in [-0.05, 0) is 25.8 Å². The summed E-state index contributed by atoms with van der Waals surface area (Å²) < 4.78 is 11.0. The minimum atomic E-state index is 0.00988.